The van der Waals surface area contributed by atoms with Crippen LogP contribution in [0.5, 0.6) is 0 Å². The van der Waals surface area contributed by atoms with Crippen LogP contribution < -0.4 is 4.90 Å². The van der Waals surface area contributed by atoms with Gasteiger partial charge in [0.25, 0.3) is 0 Å². The molecule has 6 heteroatoms. The summed E-state index contributed by atoms with van der Waals surface area (Å²) in [6, 6.07) is 17.8. The van der Waals surface area contributed by atoms with Gasteiger partial charge in [0.1, 0.15) is 18.4 Å². The van der Waals surface area contributed by atoms with E-state index in [4.69, 9.17) is 5.10 Å². The van der Waals surface area contributed by atoms with Gasteiger partial charge in [0, 0.05) is 35.8 Å². The second kappa shape index (κ2) is 9.96. The lowest BCUT2D eigenvalue weighted by molar-refractivity contribution is -0.119. The second-order valence-corrected chi connectivity index (χ2v) is 8.32. The van der Waals surface area contributed by atoms with Crippen LogP contribution >= 0.6 is 0 Å². The van der Waals surface area contributed by atoms with Crippen molar-refractivity contribution in [1.29, 1.82) is 0 Å². The average Bonchev–Trinajstić information content (AvgIpc) is 2.84. The lowest BCUT2D eigenvalue weighted by Crippen LogP contribution is -2.40. The van der Waals surface area contributed by atoms with Gasteiger partial charge < -0.3 is 10.0 Å². The number of aliphatic hydroxyl groups excluding tert-OH is 1. The molecule has 1 atom stereocenters. The molecule has 0 aliphatic carbocycles. The van der Waals surface area contributed by atoms with Crippen LogP contribution in [0.4, 0.5) is 5.69 Å². The number of carbonyl (C=O) groups is 1. The number of aliphatic hydroxyl groups is 1. The van der Waals surface area contributed by atoms with E-state index in [1.165, 1.54) is 5.56 Å². The number of hydrogen-bond donors (Lipinski definition) is 1. The number of aromatic nitrogens is 1. The van der Waals surface area contributed by atoms with E-state index >= 15 is 0 Å². The summed E-state index contributed by atoms with van der Waals surface area (Å²) in [6.45, 7) is 7.34. The number of rotatable bonds is 7. The molecule has 0 saturated carbocycles. The van der Waals surface area contributed by atoms with Gasteiger partial charge in [-0.15, -0.1) is 0 Å². The van der Waals surface area contributed by atoms with E-state index in [0.717, 1.165) is 28.8 Å². The van der Waals surface area contributed by atoms with Crippen molar-refractivity contribution in [3.63, 3.8) is 0 Å². The lowest BCUT2D eigenvalue weighted by Gasteiger charge is -2.31. The molecule has 3 aromatic rings. The number of pyridine rings is 1. The fourth-order valence-electron chi connectivity index (χ4n) is 4.19. The maximum absolute atomic E-state index is 13.3. The number of hydrazone groups is 1. The summed E-state index contributed by atoms with van der Waals surface area (Å²) in [5.74, 6) is -0.0307. The molecule has 4 rings (SSSR count). The molecule has 1 aliphatic heterocycles. The second-order valence-electron chi connectivity index (χ2n) is 8.32. The van der Waals surface area contributed by atoms with Crippen molar-refractivity contribution >= 4 is 17.3 Å². The molecule has 0 saturated heterocycles. The monoisotopic (exact) mass is 442 g/mol. The number of hydrogen-bond acceptors (Lipinski definition) is 5. The third-order valence-electron chi connectivity index (χ3n) is 5.99. The van der Waals surface area contributed by atoms with Gasteiger partial charge >= 0.3 is 0 Å². The Hall–Kier alpha value is -3.51. The first-order valence-electron chi connectivity index (χ1n) is 11.4. The van der Waals surface area contributed by atoms with Crippen molar-refractivity contribution < 1.29 is 9.90 Å². The number of fused-ring (bicyclic) bond motifs is 1. The smallest absolute Gasteiger partial charge is 0.248 e. The predicted molar refractivity (Wildman–Crippen MR) is 131 cm³/mol. The summed E-state index contributed by atoms with van der Waals surface area (Å²) in [7, 11) is 0. The fourth-order valence-corrected chi connectivity index (χ4v) is 4.19. The topological polar surface area (TPSA) is 69.0 Å². The molecule has 1 N–H and O–H groups in total. The van der Waals surface area contributed by atoms with E-state index in [-0.39, 0.29) is 12.5 Å². The van der Waals surface area contributed by atoms with Crippen LogP contribution in [-0.2, 0) is 17.8 Å². The van der Waals surface area contributed by atoms with Crippen LogP contribution in [0.2, 0.25) is 0 Å². The summed E-state index contributed by atoms with van der Waals surface area (Å²) >= 11 is 0. The van der Waals surface area contributed by atoms with Crippen molar-refractivity contribution in [2.45, 2.75) is 39.8 Å². The zero-order chi connectivity index (χ0) is 23.4. The molecule has 1 aliphatic rings. The van der Waals surface area contributed by atoms with Gasteiger partial charge in [-0.2, -0.15) is 5.10 Å². The van der Waals surface area contributed by atoms with Crippen LogP contribution in [0, 0.1) is 6.92 Å². The summed E-state index contributed by atoms with van der Waals surface area (Å²) < 4.78 is 0. The maximum atomic E-state index is 13.3. The Morgan fingerprint density at radius 1 is 1.15 bits per heavy atom. The minimum atomic E-state index is -0.929. The maximum Gasteiger partial charge on any atom is 0.248 e. The molecule has 1 unspecified atom stereocenters. The highest BCUT2D eigenvalue weighted by atomic mass is 16.3. The average molecular weight is 443 g/mol. The van der Waals surface area contributed by atoms with Gasteiger partial charge in [-0.1, -0.05) is 48.9 Å². The Balaban J connectivity index is 1.61. The normalized spacial score (nSPS) is 13.8. The quantitative estimate of drug-likeness (QED) is 0.594. The number of aryl methyl sites for hydroxylation is 2. The molecule has 1 aromatic heterocycles. The fraction of sp³-hybridized carbons (Fsp3) is 0.296. The number of anilines is 1. The van der Waals surface area contributed by atoms with Crippen LogP contribution in [0.3, 0.4) is 0 Å². The Morgan fingerprint density at radius 3 is 2.61 bits per heavy atom. The summed E-state index contributed by atoms with van der Waals surface area (Å²) in [4.78, 5) is 19.2. The van der Waals surface area contributed by atoms with Crippen molar-refractivity contribution in [1.82, 2.24) is 9.99 Å². The minimum Gasteiger partial charge on any atom is -0.382 e. The van der Waals surface area contributed by atoms with Crippen molar-refractivity contribution in [3.8, 4) is 0 Å². The zero-order valence-corrected chi connectivity index (χ0v) is 19.4. The Bertz CT molecular complexity index is 1140. The predicted octanol–water partition coefficient (Wildman–Crippen LogP) is 4.26. The lowest BCUT2D eigenvalue weighted by atomic mass is 9.93. The van der Waals surface area contributed by atoms with Gasteiger partial charge in [0.2, 0.25) is 5.91 Å². The molecular weight excluding hydrogens is 412 g/mol. The molecule has 0 bridgehead atoms. The molecule has 33 heavy (non-hydrogen) atoms. The van der Waals surface area contributed by atoms with E-state index in [1.807, 2.05) is 44.2 Å². The van der Waals surface area contributed by atoms with Gasteiger partial charge in [0.05, 0.1) is 6.54 Å². The molecule has 0 spiro atoms. The highest BCUT2D eigenvalue weighted by Gasteiger charge is 2.27. The number of benzene rings is 2. The highest BCUT2D eigenvalue weighted by molar-refractivity contribution is 6.06. The Kier molecular flexibility index (Phi) is 6.84. The van der Waals surface area contributed by atoms with E-state index in [9.17, 15) is 9.90 Å². The van der Waals surface area contributed by atoms with Crippen LogP contribution in [0.1, 0.15) is 47.8 Å². The molecule has 2 heterocycles. The van der Waals surface area contributed by atoms with Crippen LogP contribution in [0.15, 0.2) is 72.1 Å². The zero-order valence-electron chi connectivity index (χ0n) is 19.4. The van der Waals surface area contributed by atoms with Crippen LogP contribution in [-0.4, -0.2) is 39.8 Å². The van der Waals surface area contributed by atoms with Gasteiger partial charge in [-0.25, -0.2) is 0 Å². The number of carbonyl (C=O) groups excluding carboxylic acids is 1. The molecular formula is C27H30N4O2. The Morgan fingerprint density at radius 2 is 1.94 bits per heavy atom. The first-order chi connectivity index (χ1) is 16.0. The Labute approximate surface area is 195 Å². The van der Waals surface area contributed by atoms with E-state index < -0.39 is 6.10 Å². The third kappa shape index (κ3) is 4.96. The highest BCUT2D eigenvalue weighted by Crippen LogP contribution is 2.28. The molecule has 170 valence electrons. The third-order valence-corrected chi connectivity index (χ3v) is 5.99. The number of likely N-dealkylation sites (N-methyl/N-ethyl adjacent to an activating group) is 1. The summed E-state index contributed by atoms with van der Waals surface area (Å²) in [5, 5.41) is 17.6. The van der Waals surface area contributed by atoms with E-state index in [2.05, 4.69) is 30.1 Å². The van der Waals surface area contributed by atoms with E-state index in [1.54, 1.807) is 28.4 Å². The first kappa shape index (κ1) is 22.7. The van der Waals surface area contributed by atoms with Crippen molar-refractivity contribution in [3.05, 3.63) is 94.8 Å². The van der Waals surface area contributed by atoms with Crippen molar-refractivity contribution in [2.75, 3.05) is 18.0 Å². The largest absolute Gasteiger partial charge is 0.382 e. The van der Waals surface area contributed by atoms with E-state index in [0.29, 0.717) is 24.4 Å². The molecule has 1 amide bonds. The molecule has 0 radical (unpaired) electrons. The molecule has 6 nitrogen and oxygen atoms in total. The van der Waals surface area contributed by atoms with Crippen molar-refractivity contribution in [2.24, 2.45) is 5.10 Å². The SMILES string of the molecule is CCc1ccc(N(CC)C(=O)CN2Cc3cc(C)ccc3C(C(O)c3cccnc3)=N2)cc1. The number of amides is 1. The standard InChI is InChI=1S/C27H30N4O2/c1-4-20-9-11-23(12-10-20)31(5-2)25(32)18-30-17-22-15-19(3)8-13-24(22)26(29-30)27(33)21-7-6-14-28-16-21/h6-16,27,33H,4-5,17-18H2,1-3H3. The van der Waals surface area contributed by atoms with Crippen LogP contribution in [0.25, 0.3) is 0 Å². The summed E-state index contributed by atoms with van der Waals surface area (Å²) in [6.07, 6.45) is 3.35. The van der Waals surface area contributed by atoms with Gasteiger partial charge in [0.15, 0.2) is 0 Å². The molecule has 0 fully saturated rings. The summed E-state index contributed by atoms with van der Waals surface area (Å²) in [5.41, 5.74) is 6.41. The first-order valence-corrected chi connectivity index (χ1v) is 11.4. The molecule has 2 aromatic carbocycles. The minimum absolute atomic E-state index is 0.0307. The van der Waals surface area contributed by atoms with Gasteiger partial charge in [-0.3, -0.25) is 14.8 Å². The number of nitrogens with zero attached hydrogens (tertiary/aromatic N) is 4. The van der Waals surface area contributed by atoms with Gasteiger partial charge in [-0.05, 0) is 49.6 Å².